The van der Waals surface area contributed by atoms with Crippen molar-refractivity contribution in [2.45, 2.75) is 32.1 Å². The fourth-order valence-corrected chi connectivity index (χ4v) is 2.42. The lowest BCUT2D eigenvalue weighted by Gasteiger charge is -2.43. The molecule has 1 nitrogen and oxygen atoms in total. The van der Waals surface area contributed by atoms with Crippen molar-refractivity contribution in [3.63, 3.8) is 0 Å². The van der Waals surface area contributed by atoms with Crippen LogP contribution in [-0.2, 0) is 5.41 Å². The Balaban J connectivity index is 2.49. The summed E-state index contributed by atoms with van der Waals surface area (Å²) in [5.41, 5.74) is 2.30. The molecule has 2 atom stereocenters. The van der Waals surface area contributed by atoms with Crippen LogP contribution >= 0.6 is 0 Å². The number of rotatable bonds is 1. The molecule has 0 amide bonds. The van der Waals surface area contributed by atoms with Gasteiger partial charge < -0.3 is 0 Å². The number of hydrogen-bond donors (Lipinski definition) is 0. The zero-order valence-corrected chi connectivity index (χ0v) is 8.75. The van der Waals surface area contributed by atoms with Gasteiger partial charge in [-0.05, 0) is 36.8 Å². The lowest BCUT2D eigenvalue weighted by molar-refractivity contribution is 0.201. The Morgan fingerprint density at radius 2 is 2.14 bits per heavy atom. The number of benzene rings is 1. The van der Waals surface area contributed by atoms with Crippen LogP contribution in [0.15, 0.2) is 24.3 Å². The highest BCUT2D eigenvalue weighted by molar-refractivity contribution is 5.41. The predicted octanol–water partition coefficient (Wildman–Crippen LogP) is 3.19. The minimum atomic E-state index is -0.189. The van der Waals surface area contributed by atoms with Gasteiger partial charge in [0, 0.05) is 0 Å². The quantitative estimate of drug-likeness (QED) is 0.659. The van der Waals surface area contributed by atoms with Crippen molar-refractivity contribution in [1.82, 2.24) is 0 Å². The van der Waals surface area contributed by atoms with E-state index < -0.39 is 0 Å². The van der Waals surface area contributed by atoms with Crippen molar-refractivity contribution in [1.29, 1.82) is 5.26 Å². The van der Waals surface area contributed by atoms with E-state index in [1.807, 2.05) is 12.1 Å². The van der Waals surface area contributed by atoms with Crippen LogP contribution in [-0.4, -0.2) is 0 Å². The highest BCUT2D eigenvalue weighted by Gasteiger charge is 2.46. The van der Waals surface area contributed by atoms with E-state index in [1.165, 1.54) is 17.5 Å². The Kier molecular flexibility index (Phi) is 2.07. The van der Waals surface area contributed by atoms with Crippen LogP contribution in [0.5, 0.6) is 0 Å². The van der Waals surface area contributed by atoms with E-state index in [4.69, 9.17) is 0 Å². The van der Waals surface area contributed by atoms with Gasteiger partial charge in [0.15, 0.2) is 0 Å². The van der Waals surface area contributed by atoms with Gasteiger partial charge in [0.1, 0.15) is 0 Å². The monoisotopic (exact) mass is 185 g/mol. The first-order chi connectivity index (χ1) is 6.70. The fraction of sp³-hybridized carbons (Fsp3) is 0.462. The van der Waals surface area contributed by atoms with Crippen molar-refractivity contribution in [3.05, 3.63) is 35.4 Å². The summed E-state index contributed by atoms with van der Waals surface area (Å²) in [7, 11) is 0. The molecule has 2 unspecified atom stereocenters. The van der Waals surface area contributed by atoms with Gasteiger partial charge >= 0.3 is 0 Å². The molecule has 2 rings (SSSR count). The average molecular weight is 185 g/mol. The van der Waals surface area contributed by atoms with Gasteiger partial charge in [0.05, 0.1) is 11.5 Å². The maximum absolute atomic E-state index is 9.33. The predicted molar refractivity (Wildman–Crippen MR) is 56.9 cm³/mol. The van der Waals surface area contributed by atoms with Gasteiger partial charge in [-0.3, -0.25) is 0 Å². The molecular formula is C13H15N. The SMILES string of the molecule is Cc1ccccc1C1(C#N)CCC1C. The van der Waals surface area contributed by atoms with E-state index in [9.17, 15) is 5.26 Å². The molecule has 1 saturated carbocycles. The zero-order chi connectivity index (χ0) is 10.2. The van der Waals surface area contributed by atoms with Crippen molar-refractivity contribution >= 4 is 0 Å². The summed E-state index contributed by atoms with van der Waals surface area (Å²) in [5, 5.41) is 9.33. The molecule has 0 bridgehead atoms. The molecular weight excluding hydrogens is 170 g/mol. The van der Waals surface area contributed by atoms with E-state index in [2.05, 4.69) is 32.0 Å². The normalized spacial score (nSPS) is 30.5. The number of hydrogen-bond acceptors (Lipinski definition) is 1. The van der Waals surface area contributed by atoms with Gasteiger partial charge in [-0.2, -0.15) is 5.26 Å². The molecule has 14 heavy (non-hydrogen) atoms. The Hall–Kier alpha value is -1.29. The molecule has 1 aliphatic carbocycles. The van der Waals surface area contributed by atoms with E-state index >= 15 is 0 Å². The summed E-state index contributed by atoms with van der Waals surface area (Å²) in [5.74, 6) is 0.508. The second-order valence-electron chi connectivity index (χ2n) is 4.34. The molecule has 0 spiro atoms. The molecule has 1 aliphatic rings. The Labute approximate surface area is 85.4 Å². The largest absolute Gasteiger partial charge is 0.197 e. The molecule has 0 radical (unpaired) electrons. The minimum absolute atomic E-state index is 0.189. The van der Waals surface area contributed by atoms with Crippen molar-refractivity contribution < 1.29 is 0 Å². The molecule has 1 fully saturated rings. The van der Waals surface area contributed by atoms with Gasteiger partial charge in [-0.1, -0.05) is 31.2 Å². The van der Waals surface area contributed by atoms with E-state index in [1.54, 1.807) is 0 Å². The second-order valence-corrected chi connectivity index (χ2v) is 4.34. The number of aryl methyl sites for hydroxylation is 1. The van der Waals surface area contributed by atoms with E-state index in [-0.39, 0.29) is 5.41 Å². The summed E-state index contributed by atoms with van der Waals surface area (Å²) < 4.78 is 0. The topological polar surface area (TPSA) is 23.8 Å². The summed E-state index contributed by atoms with van der Waals surface area (Å²) in [6, 6.07) is 10.8. The average Bonchev–Trinajstić information content (AvgIpc) is 2.20. The van der Waals surface area contributed by atoms with Gasteiger partial charge in [-0.25, -0.2) is 0 Å². The van der Waals surface area contributed by atoms with Crippen LogP contribution in [0.4, 0.5) is 0 Å². The third kappa shape index (κ3) is 1.07. The third-order valence-corrected chi connectivity index (χ3v) is 3.64. The van der Waals surface area contributed by atoms with Crippen LogP contribution in [0.1, 0.15) is 30.9 Å². The Bertz CT molecular complexity index is 388. The molecule has 0 N–H and O–H groups in total. The lowest BCUT2D eigenvalue weighted by atomic mass is 9.57. The summed E-state index contributed by atoms with van der Waals surface area (Å²) in [6.07, 6.45) is 2.21. The Morgan fingerprint density at radius 3 is 2.57 bits per heavy atom. The lowest BCUT2D eigenvalue weighted by Crippen LogP contribution is -2.41. The van der Waals surface area contributed by atoms with Gasteiger partial charge in [-0.15, -0.1) is 0 Å². The van der Waals surface area contributed by atoms with E-state index in [0.29, 0.717) is 5.92 Å². The van der Waals surface area contributed by atoms with Crippen LogP contribution in [0.3, 0.4) is 0 Å². The van der Waals surface area contributed by atoms with Crippen molar-refractivity contribution in [3.8, 4) is 6.07 Å². The zero-order valence-electron chi connectivity index (χ0n) is 8.75. The van der Waals surface area contributed by atoms with Crippen LogP contribution in [0, 0.1) is 24.2 Å². The summed E-state index contributed by atoms with van der Waals surface area (Å²) in [4.78, 5) is 0. The smallest absolute Gasteiger partial charge is 0.0850 e. The molecule has 1 heteroatoms. The molecule has 1 aromatic carbocycles. The number of nitrogens with zero attached hydrogens (tertiary/aromatic N) is 1. The number of nitriles is 1. The fourth-order valence-electron chi connectivity index (χ4n) is 2.42. The van der Waals surface area contributed by atoms with Crippen molar-refractivity contribution in [2.75, 3.05) is 0 Å². The van der Waals surface area contributed by atoms with Crippen LogP contribution < -0.4 is 0 Å². The first-order valence-corrected chi connectivity index (χ1v) is 5.18. The first-order valence-electron chi connectivity index (χ1n) is 5.18. The highest BCUT2D eigenvalue weighted by atomic mass is 14.5. The van der Waals surface area contributed by atoms with Gasteiger partial charge in [0.25, 0.3) is 0 Å². The third-order valence-electron chi connectivity index (χ3n) is 3.64. The molecule has 0 aliphatic heterocycles. The summed E-state index contributed by atoms with van der Waals surface area (Å²) >= 11 is 0. The van der Waals surface area contributed by atoms with Crippen LogP contribution in [0.25, 0.3) is 0 Å². The highest BCUT2D eigenvalue weighted by Crippen LogP contribution is 2.48. The molecule has 0 saturated heterocycles. The molecule has 1 aromatic rings. The minimum Gasteiger partial charge on any atom is -0.197 e. The maximum Gasteiger partial charge on any atom is 0.0850 e. The van der Waals surface area contributed by atoms with Crippen molar-refractivity contribution in [2.24, 2.45) is 5.92 Å². The second kappa shape index (κ2) is 3.13. The Morgan fingerprint density at radius 1 is 1.43 bits per heavy atom. The first kappa shape index (κ1) is 9.27. The van der Waals surface area contributed by atoms with Crippen LogP contribution in [0.2, 0.25) is 0 Å². The molecule has 72 valence electrons. The van der Waals surface area contributed by atoms with E-state index in [0.717, 1.165) is 6.42 Å². The van der Waals surface area contributed by atoms with Gasteiger partial charge in [0.2, 0.25) is 0 Å². The maximum atomic E-state index is 9.33. The molecule has 0 heterocycles. The molecule has 0 aromatic heterocycles. The standard InChI is InChI=1S/C13H15N/c1-10-5-3-4-6-12(10)13(9-14)8-7-11(13)2/h3-6,11H,7-8H2,1-2H3. The summed E-state index contributed by atoms with van der Waals surface area (Å²) in [6.45, 7) is 4.28.